The lowest BCUT2D eigenvalue weighted by atomic mass is 10.0. The Morgan fingerprint density at radius 1 is 1.41 bits per heavy atom. The zero-order chi connectivity index (χ0) is 12.3. The molecule has 7 heteroatoms. The number of hydrogen-bond donors (Lipinski definition) is 2. The third-order valence-electron chi connectivity index (χ3n) is 2.96. The monoisotopic (exact) mass is 238 g/mol. The number of aromatic nitrogens is 2. The fourth-order valence-corrected chi connectivity index (χ4v) is 1.96. The minimum atomic E-state index is -0.689. The van der Waals surface area contributed by atoms with Crippen LogP contribution in [0, 0.1) is 10.1 Å². The molecule has 0 spiro atoms. The van der Waals surface area contributed by atoms with Crippen LogP contribution in [0.5, 0.6) is 0 Å². The van der Waals surface area contributed by atoms with Gasteiger partial charge in [-0.25, -0.2) is 9.97 Å². The fourth-order valence-electron chi connectivity index (χ4n) is 1.96. The Morgan fingerprint density at radius 3 is 2.53 bits per heavy atom. The molecule has 1 aromatic rings. The molecule has 0 amide bonds. The van der Waals surface area contributed by atoms with E-state index in [-0.39, 0.29) is 5.69 Å². The Hall–Kier alpha value is -1.76. The van der Waals surface area contributed by atoms with Crippen molar-refractivity contribution in [1.82, 2.24) is 9.97 Å². The van der Waals surface area contributed by atoms with Gasteiger partial charge in [0.1, 0.15) is 12.4 Å². The van der Waals surface area contributed by atoms with Crippen molar-refractivity contribution in [2.45, 2.75) is 31.3 Å². The predicted molar refractivity (Wildman–Crippen MR) is 60.6 cm³/mol. The van der Waals surface area contributed by atoms with Gasteiger partial charge in [0.05, 0.1) is 10.5 Å². The third kappa shape index (κ3) is 2.88. The summed E-state index contributed by atoms with van der Waals surface area (Å²) in [5.41, 5.74) is -0.833. The number of nitrogens with one attached hydrogen (secondary N) is 1. The summed E-state index contributed by atoms with van der Waals surface area (Å²) < 4.78 is 0. The van der Waals surface area contributed by atoms with Crippen LogP contribution in [0.4, 0.5) is 11.6 Å². The summed E-state index contributed by atoms with van der Waals surface area (Å²) in [6.07, 6.45) is 5.89. The molecule has 17 heavy (non-hydrogen) atoms. The molecule has 0 aromatic carbocycles. The van der Waals surface area contributed by atoms with E-state index in [0.29, 0.717) is 12.5 Å². The zero-order valence-electron chi connectivity index (χ0n) is 9.30. The first kappa shape index (κ1) is 11.7. The van der Waals surface area contributed by atoms with Crippen molar-refractivity contribution in [3.63, 3.8) is 0 Å². The first-order valence-corrected chi connectivity index (χ1v) is 5.52. The van der Waals surface area contributed by atoms with Crippen molar-refractivity contribution in [3.05, 3.63) is 22.5 Å². The molecule has 0 atom stereocenters. The summed E-state index contributed by atoms with van der Waals surface area (Å²) in [6, 6.07) is 0. The smallest absolute Gasteiger partial charge is 0.305 e. The van der Waals surface area contributed by atoms with E-state index in [1.165, 1.54) is 0 Å². The Labute approximate surface area is 98.1 Å². The van der Waals surface area contributed by atoms with Gasteiger partial charge in [-0.15, -0.1) is 0 Å². The van der Waals surface area contributed by atoms with Gasteiger partial charge in [0.2, 0.25) is 5.95 Å². The fraction of sp³-hybridized carbons (Fsp3) is 0.600. The van der Waals surface area contributed by atoms with E-state index in [2.05, 4.69) is 15.3 Å². The predicted octanol–water partition coefficient (Wildman–Crippen LogP) is 1.10. The normalized spacial score (nSPS) is 17.9. The molecule has 1 aromatic heterocycles. The number of anilines is 1. The minimum Gasteiger partial charge on any atom is -0.388 e. The summed E-state index contributed by atoms with van der Waals surface area (Å²) in [5.74, 6) is 0.302. The number of aliphatic hydroxyl groups is 1. The Kier molecular flexibility index (Phi) is 3.19. The highest BCUT2D eigenvalue weighted by atomic mass is 16.6. The largest absolute Gasteiger partial charge is 0.388 e. The lowest BCUT2D eigenvalue weighted by Crippen LogP contribution is -2.33. The van der Waals surface area contributed by atoms with Gasteiger partial charge in [0, 0.05) is 6.54 Å². The highest BCUT2D eigenvalue weighted by Gasteiger charge is 2.30. The number of nitrogens with zero attached hydrogens (tertiary/aromatic N) is 3. The van der Waals surface area contributed by atoms with E-state index in [9.17, 15) is 15.2 Å². The molecule has 0 radical (unpaired) electrons. The summed E-state index contributed by atoms with van der Waals surface area (Å²) in [4.78, 5) is 17.5. The SMILES string of the molecule is O=[N+]([O-])c1cnc(NCC2(O)CCCC2)nc1. The van der Waals surface area contributed by atoms with E-state index < -0.39 is 10.5 Å². The molecule has 1 saturated carbocycles. The van der Waals surface area contributed by atoms with Crippen molar-refractivity contribution in [2.24, 2.45) is 0 Å². The lowest BCUT2D eigenvalue weighted by Gasteiger charge is -2.22. The molecule has 2 rings (SSSR count). The first-order chi connectivity index (χ1) is 8.09. The third-order valence-corrected chi connectivity index (χ3v) is 2.96. The molecular formula is C10H14N4O3. The van der Waals surface area contributed by atoms with Crippen molar-refractivity contribution < 1.29 is 10.0 Å². The van der Waals surface area contributed by atoms with Gasteiger partial charge in [-0.2, -0.15) is 0 Å². The van der Waals surface area contributed by atoms with Gasteiger partial charge in [0.25, 0.3) is 0 Å². The lowest BCUT2D eigenvalue weighted by molar-refractivity contribution is -0.385. The van der Waals surface area contributed by atoms with Gasteiger partial charge in [-0.3, -0.25) is 10.1 Å². The van der Waals surface area contributed by atoms with Crippen LogP contribution in [0.3, 0.4) is 0 Å². The maximum atomic E-state index is 10.4. The second-order valence-electron chi connectivity index (χ2n) is 4.31. The number of hydrogen-bond acceptors (Lipinski definition) is 6. The molecule has 92 valence electrons. The van der Waals surface area contributed by atoms with Crippen molar-refractivity contribution in [1.29, 1.82) is 0 Å². The van der Waals surface area contributed by atoms with E-state index in [0.717, 1.165) is 38.1 Å². The molecule has 0 unspecified atom stereocenters. The van der Waals surface area contributed by atoms with Crippen LogP contribution in [-0.4, -0.2) is 32.1 Å². The average molecular weight is 238 g/mol. The van der Waals surface area contributed by atoms with Crippen LogP contribution in [-0.2, 0) is 0 Å². The molecule has 0 saturated heterocycles. The topological polar surface area (TPSA) is 101 Å². The number of nitro groups is 1. The molecular weight excluding hydrogens is 224 g/mol. The maximum absolute atomic E-state index is 10.4. The molecule has 1 aliphatic carbocycles. The van der Waals surface area contributed by atoms with Gasteiger partial charge in [0.15, 0.2) is 0 Å². The minimum absolute atomic E-state index is 0.143. The summed E-state index contributed by atoms with van der Waals surface area (Å²) in [5, 5.41) is 23.4. The van der Waals surface area contributed by atoms with Crippen LogP contribution < -0.4 is 5.32 Å². The van der Waals surface area contributed by atoms with Gasteiger partial charge in [-0.1, -0.05) is 12.8 Å². The standard InChI is InChI=1S/C10H14N4O3/c15-10(3-1-2-4-10)7-13-9-11-5-8(6-12-9)14(16)17/h5-6,15H,1-4,7H2,(H,11,12,13). The van der Waals surface area contributed by atoms with Crippen LogP contribution in [0.25, 0.3) is 0 Å². The zero-order valence-corrected chi connectivity index (χ0v) is 9.30. The molecule has 0 bridgehead atoms. The van der Waals surface area contributed by atoms with Crippen molar-refractivity contribution in [3.8, 4) is 0 Å². The van der Waals surface area contributed by atoms with Crippen LogP contribution >= 0.6 is 0 Å². The second-order valence-corrected chi connectivity index (χ2v) is 4.31. The van der Waals surface area contributed by atoms with E-state index in [1.807, 2.05) is 0 Å². The Balaban J connectivity index is 1.93. The Morgan fingerprint density at radius 2 is 2.00 bits per heavy atom. The summed E-state index contributed by atoms with van der Waals surface area (Å²) in [7, 11) is 0. The molecule has 1 aliphatic rings. The Bertz CT molecular complexity index is 401. The average Bonchev–Trinajstić information content (AvgIpc) is 2.75. The molecule has 1 fully saturated rings. The van der Waals surface area contributed by atoms with E-state index in [1.54, 1.807) is 0 Å². The second kappa shape index (κ2) is 4.62. The van der Waals surface area contributed by atoms with E-state index >= 15 is 0 Å². The van der Waals surface area contributed by atoms with Crippen molar-refractivity contribution in [2.75, 3.05) is 11.9 Å². The summed E-state index contributed by atoms with van der Waals surface area (Å²) >= 11 is 0. The van der Waals surface area contributed by atoms with Gasteiger partial charge in [-0.05, 0) is 12.8 Å². The quantitative estimate of drug-likeness (QED) is 0.601. The summed E-state index contributed by atoms with van der Waals surface area (Å²) in [6.45, 7) is 0.380. The number of rotatable bonds is 4. The maximum Gasteiger partial charge on any atom is 0.305 e. The molecule has 0 aliphatic heterocycles. The molecule has 1 heterocycles. The van der Waals surface area contributed by atoms with Gasteiger partial charge >= 0.3 is 5.69 Å². The van der Waals surface area contributed by atoms with Crippen LogP contribution in [0.1, 0.15) is 25.7 Å². The highest BCUT2D eigenvalue weighted by molar-refractivity contribution is 5.31. The van der Waals surface area contributed by atoms with E-state index in [4.69, 9.17) is 0 Å². The molecule has 2 N–H and O–H groups in total. The van der Waals surface area contributed by atoms with Crippen LogP contribution in [0.15, 0.2) is 12.4 Å². The van der Waals surface area contributed by atoms with Crippen molar-refractivity contribution >= 4 is 11.6 Å². The van der Waals surface area contributed by atoms with Crippen LogP contribution in [0.2, 0.25) is 0 Å². The highest BCUT2D eigenvalue weighted by Crippen LogP contribution is 2.29. The van der Waals surface area contributed by atoms with Gasteiger partial charge < -0.3 is 10.4 Å². The molecule has 7 nitrogen and oxygen atoms in total. The first-order valence-electron chi connectivity index (χ1n) is 5.52.